The Bertz CT molecular complexity index is 1650. The summed E-state index contributed by atoms with van der Waals surface area (Å²) in [7, 11) is 0. The molecule has 2 aliphatic rings. The van der Waals surface area contributed by atoms with Gasteiger partial charge in [-0.2, -0.15) is 0 Å². The lowest BCUT2D eigenvalue weighted by atomic mass is 10.0. The first kappa shape index (κ1) is 25.9. The number of ether oxygens (including phenoxy) is 1. The van der Waals surface area contributed by atoms with Crippen LogP contribution in [0.5, 0.6) is 0 Å². The number of fused-ring (bicyclic) bond motifs is 1. The number of H-pyrrole nitrogens is 1. The summed E-state index contributed by atoms with van der Waals surface area (Å²) in [6.07, 6.45) is 1.63. The number of nitrogens with zero attached hydrogens (tertiary/aromatic N) is 2. The molecule has 0 bridgehead atoms. The number of hydrogen-bond donors (Lipinski definition) is 3. The van der Waals surface area contributed by atoms with Gasteiger partial charge in [0, 0.05) is 59.6 Å². The highest BCUT2D eigenvalue weighted by Crippen LogP contribution is 2.37. The summed E-state index contributed by atoms with van der Waals surface area (Å²) in [5.74, 6) is -0.693. The fraction of sp³-hybridized carbons (Fsp3) is 0.200. The summed E-state index contributed by atoms with van der Waals surface area (Å²) in [6.45, 7) is 4.17. The summed E-state index contributed by atoms with van der Waals surface area (Å²) in [5.41, 5.74) is 4.55. The molecule has 2 aliphatic heterocycles. The van der Waals surface area contributed by atoms with Crippen LogP contribution in [0.4, 0.5) is 5.69 Å². The van der Waals surface area contributed by atoms with E-state index in [2.05, 4.69) is 20.5 Å². The lowest BCUT2D eigenvalue weighted by Crippen LogP contribution is -2.42. The third-order valence-electron chi connectivity index (χ3n) is 6.92. The quantitative estimate of drug-likeness (QED) is 0.301. The first-order chi connectivity index (χ1) is 19.5. The van der Waals surface area contributed by atoms with E-state index >= 15 is 0 Å². The van der Waals surface area contributed by atoms with Crippen molar-refractivity contribution in [2.75, 3.05) is 44.7 Å². The van der Waals surface area contributed by atoms with Crippen molar-refractivity contribution in [2.45, 2.75) is 0 Å². The van der Waals surface area contributed by atoms with Gasteiger partial charge in [0.15, 0.2) is 0 Å². The van der Waals surface area contributed by atoms with E-state index in [1.165, 1.54) is 6.07 Å². The Morgan fingerprint density at radius 2 is 1.88 bits per heavy atom. The predicted octanol–water partition coefficient (Wildman–Crippen LogP) is 3.72. The van der Waals surface area contributed by atoms with Crippen molar-refractivity contribution < 1.29 is 14.3 Å². The molecule has 0 radical (unpaired) electrons. The molecule has 10 heteroatoms. The predicted molar refractivity (Wildman–Crippen MR) is 156 cm³/mol. The number of morpholine rings is 1. The van der Waals surface area contributed by atoms with Crippen LogP contribution in [-0.4, -0.2) is 66.1 Å². The highest BCUT2D eigenvalue weighted by molar-refractivity contribution is 7.13. The van der Waals surface area contributed by atoms with Gasteiger partial charge in [0.2, 0.25) is 0 Å². The number of aromatic amines is 1. The molecule has 4 heterocycles. The number of amides is 2. The van der Waals surface area contributed by atoms with E-state index in [1.54, 1.807) is 23.5 Å². The van der Waals surface area contributed by atoms with Crippen LogP contribution in [0.3, 0.4) is 0 Å². The molecule has 6 rings (SSSR count). The van der Waals surface area contributed by atoms with Crippen LogP contribution in [0.25, 0.3) is 33.5 Å². The van der Waals surface area contributed by atoms with Gasteiger partial charge in [0.25, 0.3) is 17.4 Å². The van der Waals surface area contributed by atoms with Crippen LogP contribution in [-0.2, 0) is 9.53 Å². The Hall–Kier alpha value is -4.38. The Morgan fingerprint density at radius 1 is 1.05 bits per heavy atom. The molecule has 9 nitrogen and oxygen atoms in total. The van der Waals surface area contributed by atoms with Gasteiger partial charge in [0.05, 0.1) is 24.5 Å². The van der Waals surface area contributed by atoms with Crippen LogP contribution >= 0.6 is 11.3 Å². The van der Waals surface area contributed by atoms with Gasteiger partial charge in [-0.3, -0.25) is 19.3 Å². The highest BCUT2D eigenvalue weighted by atomic mass is 32.1. The molecule has 2 aromatic carbocycles. The minimum Gasteiger partial charge on any atom is -0.379 e. The number of carbonyl (C=O) groups excluding carboxylic acids is 2. The van der Waals surface area contributed by atoms with Gasteiger partial charge in [-0.15, -0.1) is 11.3 Å². The smallest absolute Gasteiger partial charge is 0.261 e. The lowest BCUT2D eigenvalue weighted by Gasteiger charge is -2.26. The first-order valence-corrected chi connectivity index (χ1v) is 13.9. The number of carbonyl (C=O) groups is 2. The second-order valence-corrected chi connectivity index (χ2v) is 10.4. The van der Waals surface area contributed by atoms with Crippen molar-refractivity contribution in [2.24, 2.45) is 0 Å². The second kappa shape index (κ2) is 11.4. The van der Waals surface area contributed by atoms with Crippen molar-refractivity contribution in [3.63, 3.8) is 0 Å². The van der Waals surface area contributed by atoms with E-state index in [4.69, 9.17) is 9.72 Å². The maximum atomic E-state index is 12.8. The SMILES string of the molecule is O=C1Nc2ccc(-c3csc(-c4ccccc4)n3)cc2C1=Cc1ccc(C(=O)NCCN2CCOCC2)c(=O)[nH]1. The minimum absolute atomic E-state index is 0.0282. The molecule has 1 fully saturated rings. The molecule has 40 heavy (non-hydrogen) atoms. The number of anilines is 1. The fourth-order valence-electron chi connectivity index (χ4n) is 4.77. The highest BCUT2D eigenvalue weighted by Gasteiger charge is 2.25. The van der Waals surface area contributed by atoms with Crippen LogP contribution in [0.2, 0.25) is 0 Å². The molecule has 3 N–H and O–H groups in total. The van der Waals surface area contributed by atoms with Gasteiger partial charge in [-0.05, 0) is 30.3 Å². The molecule has 0 unspecified atom stereocenters. The van der Waals surface area contributed by atoms with E-state index in [1.807, 2.05) is 53.9 Å². The zero-order chi connectivity index (χ0) is 27.5. The van der Waals surface area contributed by atoms with Gasteiger partial charge >= 0.3 is 0 Å². The number of nitrogens with one attached hydrogen (secondary N) is 3. The van der Waals surface area contributed by atoms with Crippen molar-refractivity contribution in [1.82, 2.24) is 20.2 Å². The monoisotopic (exact) mass is 553 g/mol. The lowest BCUT2D eigenvalue weighted by molar-refractivity contribution is -0.110. The molecule has 2 aromatic heterocycles. The van der Waals surface area contributed by atoms with Crippen LogP contribution in [0.15, 0.2) is 70.8 Å². The summed E-state index contributed by atoms with van der Waals surface area (Å²) in [6, 6.07) is 18.8. The number of thiazole rings is 1. The van der Waals surface area contributed by atoms with Crippen LogP contribution in [0.1, 0.15) is 21.6 Å². The molecule has 0 aliphatic carbocycles. The van der Waals surface area contributed by atoms with Crippen LogP contribution in [0, 0.1) is 0 Å². The largest absolute Gasteiger partial charge is 0.379 e. The average molecular weight is 554 g/mol. The maximum absolute atomic E-state index is 12.8. The molecular formula is C30H27N5O4S. The zero-order valence-electron chi connectivity index (χ0n) is 21.6. The molecule has 202 valence electrons. The summed E-state index contributed by atoms with van der Waals surface area (Å²) < 4.78 is 5.33. The van der Waals surface area contributed by atoms with E-state index in [-0.39, 0.29) is 11.5 Å². The molecule has 2 amide bonds. The number of benzene rings is 2. The van der Waals surface area contributed by atoms with E-state index in [0.29, 0.717) is 43.3 Å². The number of hydrogen-bond acceptors (Lipinski definition) is 7. The van der Waals surface area contributed by atoms with Gasteiger partial charge < -0.3 is 20.4 Å². The summed E-state index contributed by atoms with van der Waals surface area (Å²) in [5, 5.41) is 8.61. The van der Waals surface area contributed by atoms with E-state index in [9.17, 15) is 14.4 Å². The van der Waals surface area contributed by atoms with Gasteiger partial charge in [-0.1, -0.05) is 36.4 Å². The summed E-state index contributed by atoms with van der Waals surface area (Å²) >= 11 is 1.56. The Morgan fingerprint density at radius 3 is 2.67 bits per heavy atom. The van der Waals surface area contributed by atoms with E-state index in [0.717, 1.165) is 40.5 Å². The van der Waals surface area contributed by atoms with Crippen molar-refractivity contribution in [3.8, 4) is 21.8 Å². The topological polar surface area (TPSA) is 116 Å². The van der Waals surface area contributed by atoms with Crippen molar-refractivity contribution in [3.05, 3.63) is 93.2 Å². The van der Waals surface area contributed by atoms with Crippen LogP contribution < -0.4 is 16.2 Å². The molecule has 0 saturated carbocycles. The first-order valence-electron chi connectivity index (χ1n) is 13.1. The maximum Gasteiger partial charge on any atom is 0.261 e. The van der Waals surface area contributed by atoms with Crippen molar-refractivity contribution >= 4 is 40.5 Å². The minimum atomic E-state index is -0.512. The van der Waals surface area contributed by atoms with Gasteiger partial charge in [0.1, 0.15) is 10.6 Å². The Balaban J connectivity index is 1.19. The third kappa shape index (κ3) is 5.50. The van der Waals surface area contributed by atoms with E-state index < -0.39 is 11.5 Å². The second-order valence-electron chi connectivity index (χ2n) is 9.54. The normalized spacial score (nSPS) is 16.1. The molecule has 0 spiro atoms. The third-order valence-corrected chi connectivity index (χ3v) is 7.81. The standard InChI is InChI=1S/C30H27N5O4S/c36-27(31-10-11-35-12-14-39-15-13-35)22-8-7-21(32-28(22)37)17-24-23-16-20(6-9-25(23)33-29(24)38)26-18-40-30(34-26)19-4-2-1-3-5-19/h1-9,16-18H,10-15H2,(H,31,36)(H,32,37)(H,33,38). The Labute approximate surface area is 234 Å². The zero-order valence-corrected chi connectivity index (χ0v) is 22.4. The number of aromatic nitrogens is 2. The summed E-state index contributed by atoms with van der Waals surface area (Å²) in [4.78, 5) is 47.9. The fourth-order valence-corrected chi connectivity index (χ4v) is 5.60. The van der Waals surface area contributed by atoms with Crippen molar-refractivity contribution in [1.29, 1.82) is 0 Å². The molecule has 4 aromatic rings. The Kier molecular flexibility index (Phi) is 7.37. The molecular weight excluding hydrogens is 526 g/mol. The van der Waals surface area contributed by atoms with Gasteiger partial charge in [-0.25, -0.2) is 4.98 Å². The molecule has 0 atom stereocenters. The average Bonchev–Trinajstić information content (AvgIpc) is 3.59. The number of rotatable bonds is 7. The number of pyridine rings is 1. The molecule has 1 saturated heterocycles.